The van der Waals surface area contributed by atoms with E-state index in [4.69, 9.17) is 10.5 Å². The summed E-state index contributed by atoms with van der Waals surface area (Å²) in [5.41, 5.74) is 7.30. The SMILES string of the molecule is COc1ccc(Sc2ccc3c(=O)n(Cc4cccc(N)c4)ncc3c2)cn1. The van der Waals surface area contributed by atoms with Crippen LogP contribution in [0.2, 0.25) is 0 Å². The molecule has 7 heteroatoms. The van der Waals surface area contributed by atoms with Gasteiger partial charge in [-0.2, -0.15) is 5.10 Å². The van der Waals surface area contributed by atoms with E-state index in [1.807, 2.05) is 54.6 Å². The molecule has 2 aromatic heterocycles. The number of aromatic nitrogens is 3. The lowest BCUT2D eigenvalue weighted by molar-refractivity contribution is 0.397. The minimum Gasteiger partial charge on any atom is -0.481 e. The van der Waals surface area contributed by atoms with Crippen molar-refractivity contribution in [2.75, 3.05) is 12.8 Å². The normalized spacial score (nSPS) is 10.9. The first-order valence-electron chi connectivity index (χ1n) is 8.64. The molecule has 4 aromatic rings. The van der Waals surface area contributed by atoms with Gasteiger partial charge in [0.2, 0.25) is 5.88 Å². The Hall–Kier alpha value is -3.32. The highest BCUT2D eigenvalue weighted by Gasteiger charge is 2.07. The van der Waals surface area contributed by atoms with Crippen molar-refractivity contribution in [3.63, 3.8) is 0 Å². The Balaban J connectivity index is 1.61. The standard InChI is InChI=1S/C21H18N4O2S/c1-27-20-8-6-18(12-23-20)28-17-5-7-19-15(10-17)11-24-25(21(19)26)13-14-3-2-4-16(22)9-14/h2-12H,13,22H2,1H3. The van der Waals surface area contributed by atoms with E-state index in [1.165, 1.54) is 4.68 Å². The number of fused-ring (bicyclic) bond motifs is 1. The molecule has 0 aliphatic carbocycles. The molecular weight excluding hydrogens is 372 g/mol. The quantitative estimate of drug-likeness (QED) is 0.525. The highest BCUT2D eigenvalue weighted by atomic mass is 32.2. The van der Waals surface area contributed by atoms with Crippen molar-refractivity contribution in [2.24, 2.45) is 0 Å². The van der Waals surface area contributed by atoms with Gasteiger partial charge in [0.15, 0.2) is 0 Å². The van der Waals surface area contributed by atoms with E-state index < -0.39 is 0 Å². The van der Waals surface area contributed by atoms with E-state index in [1.54, 1.807) is 31.3 Å². The van der Waals surface area contributed by atoms with Gasteiger partial charge in [-0.25, -0.2) is 9.67 Å². The van der Waals surface area contributed by atoms with Gasteiger partial charge in [-0.3, -0.25) is 4.79 Å². The number of nitrogens with two attached hydrogens (primary N) is 1. The summed E-state index contributed by atoms with van der Waals surface area (Å²) in [4.78, 5) is 19.0. The van der Waals surface area contributed by atoms with Gasteiger partial charge in [0, 0.05) is 33.1 Å². The summed E-state index contributed by atoms with van der Waals surface area (Å²) in [5, 5.41) is 5.77. The lowest BCUT2D eigenvalue weighted by Gasteiger charge is -2.08. The largest absolute Gasteiger partial charge is 0.481 e. The van der Waals surface area contributed by atoms with E-state index in [9.17, 15) is 4.79 Å². The third-order valence-electron chi connectivity index (χ3n) is 4.26. The molecule has 2 N–H and O–H groups in total. The molecule has 6 nitrogen and oxygen atoms in total. The van der Waals surface area contributed by atoms with Crippen molar-refractivity contribution >= 4 is 28.2 Å². The van der Waals surface area contributed by atoms with Crippen LogP contribution >= 0.6 is 11.8 Å². The van der Waals surface area contributed by atoms with Crippen molar-refractivity contribution in [3.8, 4) is 5.88 Å². The molecule has 0 bridgehead atoms. The number of nitrogens with zero attached hydrogens (tertiary/aromatic N) is 3. The smallest absolute Gasteiger partial charge is 0.274 e. The van der Waals surface area contributed by atoms with Gasteiger partial charge in [0.25, 0.3) is 5.56 Å². The predicted molar refractivity (Wildman–Crippen MR) is 111 cm³/mol. The minimum absolute atomic E-state index is 0.123. The van der Waals surface area contributed by atoms with Crippen LogP contribution in [0.25, 0.3) is 10.8 Å². The number of ether oxygens (including phenoxy) is 1. The van der Waals surface area contributed by atoms with Crippen LogP contribution in [-0.4, -0.2) is 21.9 Å². The predicted octanol–water partition coefficient (Wildman–Crippen LogP) is 3.58. The van der Waals surface area contributed by atoms with Gasteiger partial charge in [-0.15, -0.1) is 0 Å². The number of methoxy groups -OCH3 is 1. The fourth-order valence-corrected chi connectivity index (χ4v) is 3.73. The fraction of sp³-hybridized carbons (Fsp3) is 0.0952. The zero-order valence-electron chi connectivity index (χ0n) is 15.2. The van der Waals surface area contributed by atoms with Crippen molar-refractivity contribution < 1.29 is 4.74 Å². The van der Waals surface area contributed by atoms with Gasteiger partial charge < -0.3 is 10.5 Å². The summed E-state index contributed by atoms with van der Waals surface area (Å²) < 4.78 is 6.53. The summed E-state index contributed by atoms with van der Waals surface area (Å²) in [6, 6.07) is 17.0. The summed E-state index contributed by atoms with van der Waals surface area (Å²) in [6.45, 7) is 0.383. The van der Waals surface area contributed by atoms with Crippen molar-refractivity contribution in [3.05, 3.63) is 82.9 Å². The number of anilines is 1. The Bertz CT molecular complexity index is 1190. The van der Waals surface area contributed by atoms with Crippen molar-refractivity contribution in [1.82, 2.24) is 14.8 Å². The molecule has 0 radical (unpaired) electrons. The van der Waals surface area contributed by atoms with E-state index in [0.717, 1.165) is 20.7 Å². The lowest BCUT2D eigenvalue weighted by atomic mass is 10.2. The molecule has 2 aromatic carbocycles. The molecule has 0 spiro atoms. The first-order chi connectivity index (χ1) is 13.6. The maximum atomic E-state index is 12.8. The second kappa shape index (κ2) is 7.74. The van der Waals surface area contributed by atoms with Crippen LogP contribution in [0.1, 0.15) is 5.56 Å². The number of hydrogen-bond acceptors (Lipinski definition) is 6. The van der Waals surface area contributed by atoms with E-state index in [0.29, 0.717) is 23.5 Å². The minimum atomic E-state index is -0.123. The highest BCUT2D eigenvalue weighted by Crippen LogP contribution is 2.29. The first kappa shape index (κ1) is 18.1. The number of pyridine rings is 1. The van der Waals surface area contributed by atoms with E-state index in [-0.39, 0.29) is 5.56 Å². The van der Waals surface area contributed by atoms with Crippen molar-refractivity contribution in [2.45, 2.75) is 16.3 Å². The van der Waals surface area contributed by atoms with Crippen LogP contribution in [-0.2, 0) is 6.54 Å². The summed E-state index contributed by atoms with van der Waals surface area (Å²) in [6.07, 6.45) is 3.48. The zero-order chi connectivity index (χ0) is 19.5. The Kier molecular flexibility index (Phi) is 4.99. The molecular formula is C21H18N4O2S. The Morgan fingerprint density at radius 2 is 1.93 bits per heavy atom. The first-order valence-corrected chi connectivity index (χ1v) is 9.46. The van der Waals surface area contributed by atoms with Crippen LogP contribution in [0.4, 0.5) is 5.69 Å². The average Bonchev–Trinajstić information content (AvgIpc) is 2.71. The Morgan fingerprint density at radius 1 is 1.07 bits per heavy atom. The summed E-state index contributed by atoms with van der Waals surface area (Å²) in [7, 11) is 1.59. The monoisotopic (exact) mass is 390 g/mol. The van der Waals surface area contributed by atoms with Gasteiger partial charge in [-0.1, -0.05) is 23.9 Å². The van der Waals surface area contributed by atoms with Gasteiger partial charge >= 0.3 is 0 Å². The molecule has 28 heavy (non-hydrogen) atoms. The zero-order valence-corrected chi connectivity index (χ0v) is 16.0. The average molecular weight is 390 g/mol. The second-order valence-electron chi connectivity index (χ2n) is 6.24. The third kappa shape index (κ3) is 3.84. The van der Waals surface area contributed by atoms with E-state index >= 15 is 0 Å². The Labute approximate surface area is 166 Å². The number of nitrogen functional groups attached to an aromatic ring is 1. The topological polar surface area (TPSA) is 83.0 Å². The van der Waals surface area contributed by atoms with Crippen LogP contribution in [0.3, 0.4) is 0 Å². The Morgan fingerprint density at radius 3 is 2.68 bits per heavy atom. The fourth-order valence-electron chi connectivity index (χ4n) is 2.89. The van der Waals surface area contributed by atoms with Crippen LogP contribution in [0.15, 0.2) is 81.6 Å². The molecule has 140 valence electrons. The number of rotatable bonds is 5. The van der Waals surface area contributed by atoms with Gasteiger partial charge in [0.05, 0.1) is 25.2 Å². The van der Waals surface area contributed by atoms with Gasteiger partial charge in [0.1, 0.15) is 0 Å². The van der Waals surface area contributed by atoms with Crippen LogP contribution in [0.5, 0.6) is 5.88 Å². The molecule has 0 saturated carbocycles. The number of benzene rings is 2. The second-order valence-corrected chi connectivity index (χ2v) is 7.39. The highest BCUT2D eigenvalue weighted by molar-refractivity contribution is 7.99. The number of hydrogen-bond donors (Lipinski definition) is 1. The molecule has 0 saturated heterocycles. The van der Waals surface area contributed by atoms with Crippen LogP contribution in [0, 0.1) is 0 Å². The third-order valence-corrected chi connectivity index (χ3v) is 5.23. The molecule has 4 rings (SSSR count). The van der Waals surface area contributed by atoms with Gasteiger partial charge in [-0.05, 0) is 42.0 Å². The lowest BCUT2D eigenvalue weighted by Crippen LogP contribution is -2.23. The molecule has 0 amide bonds. The summed E-state index contributed by atoms with van der Waals surface area (Å²) in [5.74, 6) is 0.577. The molecule has 0 aliphatic rings. The summed E-state index contributed by atoms with van der Waals surface area (Å²) >= 11 is 1.57. The molecule has 2 heterocycles. The maximum Gasteiger partial charge on any atom is 0.274 e. The van der Waals surface area contributed by atoms with Crippen LogP contribution < -0.4 is 16.0 Å². The molecule has 0 aliphatic heterocycles. The molecule has 0 unspecified atom stereocenters. The van der Waals surface area contributed by atoms with Crippen molar-refractivity contribution in [1.29, 1.82) is 0 Å². The maximum absolute atomic E-state index is 12.8. The molecule has 0 fully saturated rings. The van der Waals surface area contributed by atoms with E-state index in [2.05, 4.69) is 10.1 Å². The molecule has 0 atom stereocenters.